The summed E-state index contributed by atoms with van der Waals surface area (Å²) in [5.41, 5.74) is 8.12. The first-order valence-corrected chi connectivity index (χ1v) is 12.4. The molecule has 1 unspecified atom stereocenters. The number of rotatable bonds is 5. The molecule has 0 aliphatic carbocycles. The van der Waals surface area contributed by atoms with E-state index in [2.05, 4.69) is 24.9 Å². The largest absolute Gasteiger partial charge is 0.680 e. The maximum absolute atomic E-state index is 11.9. The number of methoxy groups -OCH3 is 1. The van der Waals surface area contributed by atoms with E-state index in [0.717, 1.165) is 16.8 Å². The normalized spacial score (nSPS) is 13.1. The Hall–Kier alpha value is -1.81. The van der Waals surface area contributed by atoms with Crippen LogP contribution in [0.1, 0.15) is 82.9 Å². The van der Waals surface area contributed by atoms with Gasteiger partial charge in [-0.25, -0.2) is 0 Å². The van der Waals surface area contributed by atoms with Crippen LogP contribution in [0.5, 0.6) is 5.75 Å². The minimum Gasteiger partial charge on any atom is -0.680 e. The number of hydrogen-bond acceptors (Lipinski definition) is 6. The van der Waals surface area contributed by atoms with Gasteiger partial charge in [0.25, 0.3) is 0 Å². The molecule has 1 aromatic carbocycles. The number of aliphatic hydroxyl groups is 2. The van der Waals surface area contributed by atoms with Crippen LogP contribution in [0.2, 0.25) is 0 Å². The van der Waals surface area contributed by atoms with E-state index in [9.17, 15) is 9.90 Å². The minimum atomic E-state index is -0.375. The van der Waals surface area contributed by atoms with Gasteiger partial charge in [0.15, 0.2) is 0 Å². The van der Waals surface area contributed by atoms with Crippen molar-refractivity contribution >= 4 is 5.91 Å². The number of amides is 1. The number of aliphatic hydroxyl groups excluding tert-OH is 2. The van der Waals surface area contributed by atoms with E-state index in [1.54, 1.807) is 30.2 Å². The predicted molar refractivity (Wildman–Crippen MR) is 146 cm³/mol. The van der Waals surface area contributed by atoms with E-state index in [1.165, 1.54) is 13.5 Å². The van der Waals surface area contributed by atoms with Crippen molar-refractivity contribution in [2.75, 3.05) is 27.2 Å². The summed E-state index contributed by atoms with van der Waals surface area (Å²) in [6, 6.07) is 7.09. The first-order valence-electron chi connectivity index (χ1n) is 12.4. The van der Waals surface area contributed by atoms with Gasteiger partial charge < -0.3 is 30.1 Å². The Bertz CT molecular complexity index is 881. The van der Waals surface area contributed by atoms with Gasteiger partial charge in [-0.2, -0.15) is 7.05 Å². The van der Waals surface area contributed by atoms with E-state index in [-0.39, 0.29) is 56.2 Å². The molecule has 1 fully saturated rings. The number of terminal acetylenes is 1. The quantitative estimate of drug-likeness (QED) is 0.406. The van der Waals surface area contributed by atoms with Crippen molar-refractivity contribution in [2.45, 2.75) is 79.4 Å². The zero-order valence-corrected chi connectivity index (χ0v) is 28.0. The van der Waals surface area contributed by atoms with E-state index < -0.39 is 0 Å². The third-order valence-corrected chi connectivity index (χ3v) is 4.63. The number of hydrogen-bond donors (Lipinski definition) is 2. The van der Waals surface area contributed by atoms with Gasteiger partial charge in [0.1, 0.15) is 11.5 Å². The molecule has 208 valence electrons. The molecule has 2 heterocycles. The fourth-order valence-electron chi connectivity index (χ4n) is 2.88. The summed E-state index contributed by atoms with van der Waals surface area (Å²) in [4.78, 5) is 13.5. The molecule has 2 aromatic rings. The molecule has 0 bridgehead atoms. The second kappa shape index (κ2) is 24.5. The maximum Gasteiger partial charge on any atom is 0.230 e. The number of benzene rings is 1. The molecule has 3 N–H and O–H groups in total. The smallest absolute Gasteiger partial charge is 0.230 e. The Morgan fingerprint density at radius 1 is 1.30 bits per heavy atom. The van der Waals surface area contributed by atoms with Crippen molar-refractivity contribution < 1.29 is 55.4 Å². The second-order valence-electron chi connectivity index (χ2n) is 7.87. The van der Waals surface area contributed by atoms with Crippen molar-refractivity contribution in [1.29, 1.82) is 0 Å². The SMILES string of the molecule is C#Cc1ccc(CO)c(OC)c1.CC.CC(C)c1cc(CC(=O)N2CCC(O)C2)on1.CCC.C[NH-].[U]. The molecule has 1 aliphatic rings. The van der Waals surface area contributed by atoms with Crippen LogP contribution in [-0.2, 0) is 17.8 Å². The Morgan fingerprint density at radius 3 is 2.30 bits per heavy atom. The number of nitrogens with one attached hydrogen (secondary N) is 1. The Labute approximate surface area is 247 Å². The van der Waals surface area contributed by atoms with Crippen molar-refractivity contribution in [1.82, 2.24) is 10.1 Å². The molecule has 1 saturated heterocycles. The molecular weight excluding hydrogens is 696 g/mol. The average molecular weight is 743 g/mol. The monoisotopic (exact) mass is 742 g/mol. The summed E-state index contributed by atoms with van der Waals surface area (Å²) in [6.45, 7) is 13.3. The van der Waals surface area contributed by atoms with Crippen molar-refractivity contribution in [2.24, 2.45) is 0 Å². The van der Waals surface area contributed by atoms with E-state index >= 15 is 0 Å². The maximum atomic E-state index is 11.9. The van der Waals surface area contributed by atoms with Gasteiger partial charge >= 0.3 is 0 Å². The van der Waals surface area contributed by atoms with Gasteiger partial charge in [0.2, 0.25) is 5.91 Å². The molecule has 8 nitrogen and oxygen atoms in total. The molecule has 1 atom stereocenters. The van der Waals surface area contributed by atoms with Crippen LogP contribution in [0.25, 0.3) is 5.73 Å². The number of carbonyl (C=O) groups is 1. The standard InChI is InChI=1S/C12H18N2O3.C10H10O2.C3H8.C2H6.CH4N.U/c1-8(2)11-5-10(17-13-11)6-12(16)14-4-3-9(15)7-14;1-3-8-4-5-9(7-11)10(6-8)12-2;1-3-2;2*1-2;/h5,8-9,15H,3-4,6-7H2,1-2H3;1,4-6,11H,7H2,2H3;3H2,1-2H3;1-2H3;2H,1H3;/q;;;;-1;. The van der Waals surface area contributed by atoms with Crippen LogP contribution >= 0.6 is 0 Å². The number of ether oxygens (including phenoxy) is 1. The van der Waals surface area contributed by atoms with Crippen molar-refractivity contribution in [3.8, 4) is 18.1 Å². The summed E-state index contributed by atoms with van der Waals surface area (Å²) >= 11 is 0. The summed E-state index contributed by atoms with van der Waals surface area (Å²) < 4.78 is 10.1. The fourth-order valence-corrected chi connectivity index (χ4v) is 2.88. The molecule has 1 aliphatic heterocycles. The van der Waals surface area contributed by atoms with Crippen LogP contribution in [0.4, 0.5) is 0 Å². The van der Waals surface area contributed by atoms with E-state index in [0.29, 0.717) is 36.9 Å². The molecule has 3 rings (SSSR count). The van der Waals surface area contributed by atoms with E-state index in [1.807, 2.05) is 33.8 Å². The molecule has 1 amide bonds. The summed E-state index contributed by atoms with van der Waals surface area (Å²) in [6.07, 6.45) is 6.97. The van der Waals surface area contributed by atoms with Crippen molar-refractivity contribution in [3.05, 3.63) is 52.6 Å². The van der Waals surface area contributed by atoms with Gasteiger partial charge in [0.05, 0.1) is 31.9 Å². The van der Waals surface area contributed by atoms with Gasteiger partial charge in [-0.05, 0) is 24.5 Å². The molecule has 1 aromatic heterocycles. The summed E-state index contributed by atoms with van der Waals surface area (Å²) in [7, 11) is 2.80. The third-order valence-electron chi connectivity index (χ3n) is 4.63. The van der Waals surface area contributed by atoms with Crippen LogP contribution in [-0.4, -0.2) is 59.5 Å². The predicted octanol–water partition coefficient (Wildman–Crippen LogP) is 5.21. The number of nitrogens with zero attached hydrogens (tertiary/aromatic N) is 2. The number of aromatic nitrogens is 1. The average Bonchev–Trinajstić information content (AvgIpc) is 3.56. The molecule has 37 heavy (non-hydrogen) atoms. The van der Waals surface area contributed by atoms with Gasteiger partial charge in [-0.1, -0.05) is 65.1 Å². The van der Waals surface area contributed by atoms with Crippen molar-refractivity contribution in [3.63, 3.8) is 0 Å². The molecule has 9 heteroatoms. The topological polar surface area (TPSA) is 120 Å². The fraction of sp³-hybridized carbons (Fsp3) is 0.571. The van der Waals surface area contributed by atoms with Gasteiger partial charge in [0, 0.05) is 61.4 Å². The number of carbonyl (C=O) groups excluding carboxylic acids is 1. The molecule has 0 radical (unpaired) electrons. The van der Waals surface area contributed by atoms with E-state index in [4.69, 9.17) is 26.5 Å². The third kappa shape index (κ3) is 15.9. The van der Waals surface area contributed by atoms with Crippen LogP contribution < -0.4 is 4.74 Å². The number of β-amino-alcohol motifs (C(OH)–C–C–N with tert-alkyl or cyclic N) is 1. The Kier molecular flexibility index (Phi) is 26.3. The van der Waals surface area contributed by atoms with Crippen LogP contribution in [0.3, 0.4) is 0 Å². The molecular formula is C28H46N3O5U-. The minimum absolute atomic E-state index is 0. The molecule has 0 saturated carbocycles. The molecule has 0 spiro atoms. The van der Waals surface area contributed by atoms with Crippen LogP contribution in [0.15, 0.2) is 28.8 Å². The van der Waals surface area contributed by atoms with Gasteiger partial charge in [-0.3, -0.25) is 4.79 Å². The zero-order valence-electron chi connectivity index (χ0n) is 23.8. The summed E-state index contributed by atoms with van der Waals surface area (Å²) in [5.74, 6) is 4.02. The summed E-state index contributed by atoms with van der Waals surface area (Å²) in [5, 5.41) is 22.2. The zero-order chi connectivity index (χ0) is 28.1. The first kappa shape index (κ1) is 39.7. The van der Waals surface area contributed by atoms with Crippen LogP contribution in [0, 0.1) is 43.5 Å². The first-order chi connectivity index (χ1) is 17.3. The number of likely N-dealkylation sites (tertiary alicyclic amines) is 1. The van der Waals surface area contributed by atoms with Gasteiger partial charge in [-0.15, -0.1) is 6.42 Å². The Morgan fingerprint density at radius 2 is 1.89 bits per heavy atom. The Balaban J connectivity index is -0.000000509. The second-order valence-corrected chi connectivity index (χ2v) is 7.87.